The highest BCUT2D eigenvalue weighted by Crippen LogP contribution is 2.58. The Kier molecular flexibility index (Phi) is 11.5. The highest BCUT2D eigenvalue weighted by molar-refractivity contribution is 4.98. The van der Waals surface area contributed by atoms with E-state index in [1.165, 1.54) is 51.4 Å². The zero-order chi connectivity index (χ0) is 26.3. The third-order valence-electron chi connectivity index (χ3n) is 13.9. The normalized spacial score (nSPS) is 40.8. The summed E-state index contributed by atoms with van der Waals surface area (Å²) in [6.45, 7) is 7.19. The SMILES string of the molecule is CCCCCCCC(C1CCC1CC1CCC1CCCCC)C1CCC1CC1CCC1CC1CCC1CC. The lowest BCUT2D eigenvalue weighted by Gasteiger charge is -2.54. The highest BCUT2D eigenvalue weighted by Gasteiger charge is 2.48. The molecule has 0 heterocycles. The third kappa shape index (κ3) is 7.07. The summed E-state index contributed by atoms with van der Waals surface area (Å²) in [5, 5.41) is 0. The van der Waals surface area contributed by atoms with Gasteiger partial charge < -0.3 is 0 Å². The van der Waals surface area contributed by atoms with Crippen LogP contribution in [0.3, 0.4) is 0 Å². The Morgan fingerprint density at radius 3 is 1.34 bits per heavy atom. The highest BCUT2D eigenvalue weighted by atomic mass is 14.5. The van der Waals surface area contributed by atoms with Crippen molar-refractivity contribution in [1.82, 2.24) is 0 Å². The van der Waals surface area contributed by atoms with Gasteiger partial charge in [-0.2, -0.15) is 0 Å². The molecule has 0 aliphatic heterocycles. The summed E-state index contributed by atoms with van der Waals surface area (Å²) in [6.07, 6.45) is 37.2. The zero-order valence-electron chi connectivity index (χ0n) is 26.3. The molecule has 5 fully saturated rings. The standard InChI is InChI=1S/C38H68/c1-4-7-9-10-12-14-38(36-23-21-34(36)26-31-18-16-29(31)13-11-8-5-2)37-24-22-35(37)27-33-20-19-32(33)25-30-17-15-28(30)6-3/h28-38H,4-27H2,1-3H3. The Labute approximate surface area is 239 Å². The Bertz CT molecular complexity index is 663. The van der Waals surface area contributed by atoms with Gasteiger partial charge in [-0.1, -0.05) is 85.0 Å². The van der Waals surface area contributed by atoms with E-state index in [1.807, 2.05) is 0 Å². The monoisotopic (exact) mass is 525 g/mol. The topological polar surface area (TPSA) is 0 Å². The van der Waals surface area contributed by atoms with Crippen molar-refractivity contribution in [2.45, 2.75) is 175 Å². The van der Waals surface area contributed by atoms with Crippen LogP contribution >= 0.6 is 0 Å². The molecule has 0 nitrogen and oxygen atoms in total. The van der Waals surface area contributed by atoms with Crippen LogP contribution in [-0.2, 0) is 0 Å². The largest absolute Gasteiger partial charge is 0.0654 e. The van der Waals surface area contributed by atoms with Crippen molar-refractivity contribution in [2.75, 3.05) is 0 Å². The van der Waals surface area contributed by atoms with Crippen LogP contribution in [0, 0.1) is 65.1 Å². The zero-order valence-corrected chi connectivity index (χ0v) is 26.3. The van der Waals surface area contributed by atoms with Gasteiger partial charge in [0.2, 0.25) is 0 Å². The summed E-state index contributed by atoms with van der Waals surface area (Å²) in [5.74, 6) is 12.3. The van der Waals surface area contributed by atoms with Crippen LogP contribution in [0.1, 0.15) is 175 Å². The van der Waals surface area contributed by atoms with Gasteiger partial charge in [0, 0.05) is 0 Å². The van der Waals surface area contributed by atoms with E-state index in [0.717, 1.165) is 65.1 Å². The molecule has 0 bridgehead atoms. The molecule has 5 aliphatic carbocycles. The fourth-order valence-electron chi connectivity index (χ4n) is 10.5. The maximum absolute atomic E-state index is 2.45. The molecule has 0 heteroatoms. The van der Waals surface area contributed by atoms with Crippen molar-refractivity contribution in [3.63, 3.8) is 0 Å². The molecule has 220 valence electrons. The van der Waals surface area contributed by atoms with Crippen LogP contribution in [0.25, 0.3) is 0 Å². The summed E-state index contributed by atoms with van der Waals surface area (Å²) in [7, 11) is 0. The smallest absolute Gasteiger partial charge is 0.0352 e. The van der Waals surface area contributed by atoms with Crippen molar-refractivity contribution >= 4 is 0 Å². The lowest BCUT2D eigenvalue weighted by molar-refractivity contribution is -0.0421. The van der Waals surface area contributed by atoms with Crippen LogP contribution in [0.5, 0.6) is 0 Å². The van der Waals surface area contributed by atoms with E-state index in [1.54, 1.807) is 103 Å². The molecule has 11 unspecified atom stereocenters. The first-order valence-corrected chi connectivity index (χ1v) is 18.7. The summed E-state index contributed by atoms with van der Waals surface area (Å²) in [5.41, 5.74) is 0. The second-order valence-corrected chi connectivity index (χ2v) is 15.8. The first-order valence-electron chi connectivity index (χ1n) is 18.7. The molecule has 0 aromatic heterocycles. The van der Waals surface area contributed by atoms with Crippen LogP contribution in [0.4, 0.5) is 0 Å². The predicted octanol–water partition coefficient (Wildman–Crippen LogP) is 12.3. The minimum Gasteiger partial charge on any atom is -0.0654 e. The second-order valence-electron chi connectivity index (χ2n) is 15.8. The Balaban J connectivity index is 1.12. The van der Waals surface area contributed by atoms with Crippen molar-refractivity contribution in [1.29, 1.82) is 0 Å². The number of hydrogen-bond acceptors (Lipinski definition) is 0. The van der Waals surface area contributed by atoms with Crippen LogP contribution in [0.2, 0.25) is 0 Å². The maximum atomic E-state index is 2.45. The second kappa shape index (κ2) is 14.8. The van der Waals surface area contributed by atoms with Gasteiger partial charge in [0.05, 0.1) is 0 Å². The summed E-state index contributed by atoms with van der Waals surface area (Å²) in [6, 6.07) is 0. The quantitative estimate of drug-likeness (QED) is 0.147. The van der Waals surface area contributed by atoms with E-state index in [2.05, 4.69) is 20.8 Å². The van der Waals surface area contributed by atoms with Gasteiger partial charge in [0.15, 0.2) is 0 Å². The Morgan fingerprint density at radius 2 is 0.868 bits per heavy atom. The molecule has 5 aliphatic rings. The fourth-order valence-corrected chi connectivity index (χ4v) is 10.5. The molecule has 0 saturated heterocycles. The average Bonchev–Trinajstić information content (AvgIpc) is 2.84. The Hall–Kier alpha value is 0. The molecule has 0 amide bonds. The van der Waals surface area contributed by atoms with Crippen molar-refractivity contribution in [2.24, 2.45) is 65.1 Å². The number of unbranched alkanes of at least 4 members (excludes halogenated alkanes) is 6. The van der Waals surface area contributed by atoms with E-state index in [9.17, 15) is 0 Å². The van der Waals surface area contributed by atoms with Crippen molar-refractivity contribution < 1.29 is 0 Å². The van der Waals surface area contributed by atoms with Crippen molar-refractivity contribution in [3.05, 3.63) is 0 Å². The molecule has 11 atom stereocenters. The average molecular weight is 525 g/mol. The summed E-state index contributed by atoms with van der Waals surface area (Å²) >= 11 is 0. The van der Waals surface area contributed by atoms with E-state index >= 15 is 0 Å². The van der Waals surface area contributed by atoms with Gasteiger partial charge in [0.1, 0.15) is 0 Å². The predicted molar refractivity (Wildman–Crippen MR) is 166 cm³/mol. The van der Waals surface area contributed by atoms with Gasteiger partial charge in [0.25, 0.3) is 0 Å². The molecule has 5 rings (SSSR count). The third-order valence-corrected chi connectivity index (χ3v) is 13.9. The summed E-state index contributed by atoms with van der Waals surface area (Å²) < 4.78 is 0. The van der Waals surface area contributed by atoms with Crippen LogP contribution < -0.4 is 0 Å². The molecular formula is C38H68. The molecule has 5 saturated carbocycles. The lowest BCUT2D eigenvalue weighted by Crippen LogP contribution is -2.45. The minimum atomic E-state index is 1.10. The maximum Gasteiger partial charge on any atom is -0.0352 e. The molecule has 0 aromatic rings. The molecule has 0 aromatic carbocycles. The molecular weight excluding hydrogens is 456 g/mol. The first-order chi connectivity index (χ1) is 18.7. The molecule has 0 radical (unpaired) electrons. The lowest BCUT2D eigenvalue weighted by atomic mass is 9.51. The first kappa shape index (κ1) is 29.5. The minimum absolute atomic E-state index is 1.10. The van der Waals surface area contributed by atoms with Gasteiger partial charge in [-0.25, -0.2) is 0 Å². The van der Waals surface area contributed by atoms with E-state index in [4.69, 9.17) is 0 Å². The van der Waals surface area contributed by atoms with Gasteiger partial charge in [-0.05, 0) is 155 Å². The molecule has 0 N–H and O–H groups in total. The van der Waals surface area contributed by atoms with Gasteiger partial charge in [-0.15, -0.1) is 0 Å². The molecule has 38 heavy (non-hydrogen) atoms. The van der Waals surface area contributed by atoms with Gasteiger partial charge in [-0.3, -0.25) is 0 Å². The summed E-state index contributed by atoms with van der Waals surface area (Å²) in [4.78, 5) is 0. The van der Waals surface area contributed by atoms with E-state index < -0.39 is 0 Å². The Morgan fingerprint density at radius 1 is 0.421 bits per heavy atom. The van der Waals surface area contributed by atoms with Crippen molar-refractivity contribution in [3.8, 4) is 0 Å². The molecule has 0 spiro atoms. The fraction of sp³-hybridized carbons (Fsp3) is 1.00. The van der Waals surface area contributed by atoms with Crippen LogP contribution in [0.15, 0.2) is 0 Å². The number of rotatable bonds is 19. The van der Waals surface area contributed by atoms with Gasteiger partial charge >= 0.3 is 0 Å². The number of hydrogen-bond donors (Lipinski definition) is 0. The van der Waals surface area contributed by atoms with E-state index in [0.29, 0.717) is 0 Å². The van der Waals surface area contributed by atoms with Crippen LogP contribution in [-0.4, -0.2) is 0 Å². The van der Waals surface area contributed by atoms with E-state index in [-0.39, 0.29) is 0 Å².